The fourth-order valence-electron chi connectivity index (χ4n) is 3.86. The van der Waals surface area contributed by atoms with E-state index in [1.807, 2.05) is 60.7 Å². The van der Waals surface area contributed by atoms with Crippen LogP contribution >= 0.6 is 0 Å². The minimum absolute atomic E-state index is 0.0696. The van der Waals surface area contributed by atoms with Crippen molar-refractivity contribution in [1.82, 2.24) is 0 Å². The summed E-state index contributed by atoms with van der Waals surface area (Å²) >= 11 is 0. The summed E-state index contributed by atoms with van der Waals surface area (Å²) in [6.45, 7) is 0.341. The van der Waals surface area contributed by atoms with E-state index < -0.39 is 9.85 Å². The third kappa shape index (κ3) is 7.01. The first-order valence-corrected chi connectivity index (χ1v) is 11.8. The van der Waals surface area contributed by atoms with Crippen LogP contribution in [0.1, 0.15) is 22.3 Å². The van der Waals surface area contributed by atoms with E-state index in [1.54, 1.807) is 12.1 Å². The quantitative estimate of drug-likeness (QED) is 0.168. The van der Waals surface area contributed by atoms with Crippen molar-refractivity contribution in [1.29, 1.82) is 0 Å². The Hall–Kier alpha value is -5.05. The molecule has 0 spiro atoms. The molecule has 192 valence electrons. The highest BCUT2D eigenvalue weighted by molar-refractivity contribution is 5.83. The number of rotatable bonds is 12. The van der Waals surface area contributed by atoms with Gasteiger partial charge in [0.15, 0.2) is 11.5 Å². The van der Waals surface area contributed by atoms with Gasteiger partial charge in [0.1, 0.15) is 19.0 Å². The van der Waals surface area contributed by atoms with Crippen LogP contribution in [-0.4, -0.2) is 15.6 Å². The van der Waals surface area contributed by atoms with Crippen LogP contribution in [0.3, 0.4) is 0 Å². The van der Waals surface area contributed by atoms with E-state index in [9.17, 15) is 25.0 Å². The number of hydrogen-bond acceptors (Lipinski definition) is 7. The topological polar surface area (TPSA) is 122 Å². The zero-order valence-corrected chi connectivity index (χ0v) is 20.3. The molecule has 0 bridgehead atoms. The standard InChI is InChI=1S/C29H24N2O7/c32-25(15-23-11-13-28(26(17-23)30(33)34)37-19-21-7-3-1-4-8-21)16-24-12-14-29(27(18-24)31(35)36)38-20-22-9-5-2-6-10-22/h1-14,17-18H,15-16,19-20H2. The van der Waals surface area contributed by atoms with Crippen LogP contribution in [0.15, 0.2) is 97.1 Å². The Morgan fingerprint density at radius 2 is 0.974 bits per heavy atom. The van der Waals surface area contributed by atoms with Gasteiger partial charge in [-0.25, -0.2) is 0 Å². The highest BCUT2D eigenvalue weighted by Gasteiger charge is 2.20. The molecule has 0 unspecified atom stereocenters. The second kappa shape index (κ2) is 12.3. The molecule has 0 N–H and O–H groups in total. The molecule has 0 aliphatic heterocycles. The van der Waals surface area contributed by atoms with Crippen molar-refractivity contribution >= 4 is 17.2 Å². The lowest BCUT2D eigenvalue weighted by Crippen LogP contribution is -2.08. The number of carbonyl (C=O) groups is 1. The minimum atomic E-state index is -0.550. The average Bonchev–Trinajstić information content (AvgIpc) is 2.92. The predicted octanol–water partition coefficient (Wildman–Crippen LogP) is 6.02. The summed E-state index contributed by atoms with van der Waals surface area (Å²) in [5.74, 6) is -0.0296. The van der Waals surface area contributed by atoms with E-state index in [4.69, 9.17) is 9.47 Å². The Balaban J connectivity index is 1.41. The molecule has 4 rings (SSSR count). The summed E-state index contributed by atoms with van der Waals surface area (Å²) in [7, 11) is 0. The molecule has 4 aromatic rings. The van der Waals surface area contributed by atoms with Gasteiger partial charge in [-0.2, -0.15) is 0 Å². The lowest BCUT2D eigenvalue weighted by atomic mass is 10.0. The highest BCUT2D eigenvalue weighted by Crippen LogP contribution is 2.31. The predicted molar refractivity (Wildman–Crippen MR) is 140 cm³/mol. The van der Waals surface area contributed by atoms with E-state index in [-0.39, 0.29) is 54.7 Å². The fraction of sp³-hybridized carbons (Fsp3) is 0.138. The Kier molecular flexibility index (Phi) is 8.40. The summed E-state index contributed by atoms with van der Waals surface area (Å²) in [5, 5.41) is 23.2. The summed E-state index contributed by atoms with van der Waals surface area (Å²) < 4.78 is 11.3. The third-order valence-corrected chi connectivity index (χ3v) is 5.72. The number of Topliss-reactive ketones (excluding diaryl/α,β-unsaturated/α-hetero) is 1. The second-order valence-electron chi connectivity index (χ2n) is 8.56. The van der Waals surface area contributed by atoms with Crippen molar-refractivity contribution in [3.63, 3.8) is 0 Å². The molecule has 4 aromatic carbocycles. The first kappa shape index (κ1) is 26.0. The van der Waals surface area contributed by atoms with Crippen LogP contribution in [0, 0.1) is 20.2 Å². The molecule has 0 aliphatic carbocycles. The molecule has 0 saturated carbocycles. The number of nitrogens with zero attached hydrogens (tertiary/aromatic N) is 2. The zero-order chi connectivity index (χ0) is 26.9. The SMILES string of the molecule is O=C(Cc1ccc(OCc2ccccc2)c([N+](=O)[O-])c1)Cc1ccc(OCc2ccccc2)c([N+](=O)[O-])c1. The van der Waals surface area contributed by atoms with Gasteiger partial charge in [-0.3, -0.25) is 25.0 Å². The maximum absolute atomic E-state index is 12.7. The van der Waals surface area contributed by atoms with E-state index in [1.165, 1.54) is 24.3 Å². The average molecular weight is 513 g/mol. The number of nitro groups is 2. The Morgan fingerprint density at radius 3 is 1.34 bits per heavy atom. The molecule has 0 atom stereocenters. The molecule has 0 aliphatic rings. The van der Waals surface area contributed by atoms with E-state index >= 15 is 0 Å². The Labute approximate surface area is 218 Å². The van der Waals surface area contributed by atoms with Crippen LogP contribution in [-0.2, 0) is 30.8 Å². The van der Waals surface area contributed by atoms with Gasteiger partial charge in [0.2, 0.25) is 0 Å². The number of hydrogen-bond donors (Lipinski definition) is 0. The molecule has 0 radical (unpaired) electrons. The van der Waals surface area contributed by atoms with Crippen molar-refractivity contribution in [3.05, 3.63) is 140 Å². The van der Waals surface area contributed by atoms with E-state index in [0.29, 0.717) is 11.1 Å². The van der Waals surface area contributed by atoms with Gasteiger partial charge < -0.3 is 9.47 Å². The van der Waals surface area contributed by atoms with Crippen LogP contribution in [0.4, 0.5) is 11.4 Å². The van der Waals surface area contributed by atoms with Gasteiger partial charge >= 0.3 is 11.4 Å². The molecular weight excluding hydrogens is 488 g/mol. The van der Waals surface area contributed by atoms with E-state index in [2.05, 4.69) is 0 Å². The van der Waals surface area contributed by atoms with Gasteiger partial charge in [0.25, 0.3) is 0 Å². The summed E-state index contributed by atoms with van der Waals surface area (Å²) in [5.41, 5.74) is 2.17. The molecule has 0 aromatic heterocycles. The van der Waals surface area contributed by atoms with Crippen molar-refractivity contribution in [2.45, 2.75) is 26.1 Å². The zero-order valence-electron chi connectivity index (χ0n) is 20.3. The summed E-state index contributed by atoms with van der Waals surface area (Å²) in [4.78, 5) is 34.8. The van der Waals surface area contributed by atoms with Crippen molar-refractivity contribution in [2.24, 2.45) is 0 Å². The number of benzene rings is 4. The van der Waals surface area contributed by atoms with Gasteiger partial charge in [-0.05, 0) is 34.4 Å². The number of ether oxygens (including phenoxy) is 2. The van der Waals surface area contributed by atoms with Crippen molar-refractivity contribution < 1.29 is 24.1 Å². The lowest BCUT2D eigenvalue weighted by molar-refractivity contribution is -0.386. The summed E-state index contributed by atoms with van der Waals surface area (Å²) in [6.07, 6.45) is -0.139. The Morgan fingerprint density at radius 1 is 0.579 bits per heavy atom. The second-order valence-corrected chi connectivity index (χ2v) is 8.56. The number of nitro benzene ring substituents is 2. The van der Waals surface area contributed by atoms with Crippen LogP contribution in [0.5, 0.6) is 11.5 Å². The third-order valence-electron chi connectivity index (χ3n) is 5.72. The Bertz CT molecular complexity index is 1330. The lowest BCUT2D eigenvalue weighted by Gasteiger charge is -2.09. The number of carbonyl (C=O) groups excluding carboxylic acids is 1. The van der Waals surface area contributed by atoms with Crippen LogP contribution in [0.2, 0.25) is 0 Å². The minimum Gasteiger partial charge on any atom is -0.482 e. The monoisotopic (exact) mass is 512 g/mol. The van der Waals surface area contributed by atoms with Crippen LogP contribution in [0.25, 0.3) is 0 Å². The maximum atomic E-state index is 12.7. The maximum Gasteiger partial charge on any atom is 0.311 e. The molecule has 0 heterocycles. The molecule has 0 saturated heterocycles. The molecule has 38 heavy (non-hydrogen) atoms. The van der Waals surface area contributed by atoms with Gasteiger partial charge in [0.05, 0.1) is 9.85 Å². The smallest absolute Gasteiger partial charge is 0.311 e. The largest absolute Gasteiger partial charge is 0.482 e. The molecular formula is C29H24N2O7. The van der Waals surface area contributed by atoms with Crippen molar-refractivity contribution in [3.8, 4) is 11.5 Å². The number of ketones is 1. The van der Waals surface area contributed by atoms with Gasteiger partial charge in [-0.15, -0.1) is 0 Å². The van der Waals surface area contributed by atoms with E-state index in [0.717, 1.165) is 11.1 Å². The molecule has 9 heteroatoms. The van der Waals surface area contributed by atoms with Crippen LogP contribution < -0.4 is 9.47 Å². The van der Waals surface area contributed by atoms with Gasteiger partial charge in [0, 0.05) is 25.0 Å². The summed E-state index contributed by atoms with van der Waals surface area (Å²) in [6, 6.07) is 27.3. The highest BCUT2D eigenvalue weighted by atomic mass is 16.6. The first-order valence-electron chi connectivity index (χ1n) is 11.8. The first-order chi connectivity index (χ1) is 18.4. The van der Waals surface area contributed by atoms with Crippen molar-refractivity contribution in [2.75, 3.05) is 0 Å². The molecule has 9 nitrogen and oxygen atoms in total. The molecule has 0 fully saturated rings. The van der Waals surface area contributed by atoms with Gasteiger partial charge in [-0.1, -0.05) is 72.8 Å². The molecule has 0 amide bonds. The normalized spacial score (nSPS) is 10.5. The fourth-order valence-corrected chi connectivity index (χ4v) is 3.86.